The summed E-state index contributed by atoms with van der Waals surface area (Å²) in [5.41, 5.74) is 7.95. The summed E-state index contributed by atoms with van der Waals surface area (Å²) in [4.78, 5) is 0.446. The number of amidine groups is 1. The number of ether oxygens (including phenoxy) is 1. The summed E-state index contributed by atoms with van der Waals surface area (Å²) < 4.78 is 39.0. The van der Waals surface area contributed by atoms with Gasteiger partial charge in [0.25, 0.3) is 0 Å². The van der Waals surface area contributed by atoms with Gasteiger partial charge in [-0.05, 0) is 11.6 Å². The summed E-state index contributed by atoms with van der Waals surface area (Å²) in [6, 6.07) is 0. The van der Waals surface area contributed by atoms with E-state index in [1.54, 1.807) is 0 Å². The van der Waals surface area contributed by atoms with Crippen molar-refractivity contribution in [2.75, 3.05) is 6.61 Å². The van der Waals surface area contributed by atoms with Crippen LogP contribution in [0, 0.1) is 0 Å². The van der Waals surface area contributed by atoms with Crippen LogP contribution in [0.25, 0.3) is 0 Å². The number of hydrazine groups is 3. The molecule has 11 nitrogen and oxygen atoms in total. The van der Waals surface area contributed by atoms with Crippen LogP contribution in [0.4, 0.5) is 0 Å². The van der Waals surface area contributed by atoms with Gasteiger partial charge in [-0.3, -0.25) is 10.3 Å². The van der Waals surface area contributed by atoms with Gasteiger partial charge >= 0.3 is 16.2 Å². The fourth-order valence-corrected chi connectivity index (χ4v) is 1.41. The smallest absolute Gasteiger partial charge is 0.483 e. The van der Waals surface area contributed by atoms with Crippen LogP contribution in [0.3, 0.4) is 0 Å². The molecule has 0 aromatic rings. The van der Waals surface area contributed by atoms with Gasteiger partial charge in [-0.1, -0.05) is 13.3 Å². The molecule has 1 aliphatic rings. The molecule has 1 heterocycles. The number of unbranched alkanes of at least 4 members (excludes halogenated alkanes) is 1. The zero-order valence-electron chi connectivity index (χ0n) is 10.2. The number of hydrogen-bond acceptors (Lipinski definition) is 9. The van der Waals surface area contributed by atoms with Crippen LogP contribution >= 0.6 is 0 Å². The molecule has 0 unspecified atom stereocenters. The highest BCUT2D eigenvalue weighted by Gasteiger charge is 2.28. The Morgan fingerprint density at radius 3 is 2.68 bits per heavy atom. The van der Waals surface area contributed by atoms with Gasteiger partial charge in [0.1, 0.15) is 0 Å². The molecule has 0 saturated carbocycles. The minimum atomic E-state index is -4.73. The first-order valence-electron chi connectivity index (χ1n) is 5.09. The van der Waals surface area contributed by atoms with E-state index in [1.165, 1.54) is 6.08 Å². The standard InChI is InChI=1S/C7H15N5O5S.H2O/c1-2-3-4-16-7-5-6(8)11(12(9)10-7)17-18(13,14)15;/h5H,2-4,9H2,1H3,(H3,8,10,13,14,15);1H2. The number of nitrogens with two attached hydrogens (primary N) is 2. The lowest BCUT2D eigenvalue weighted by molar-refractivity contribution is -0.875. The fourth-order valence-electron chi connectivity index (χ4n) is 1.07. The van der Waals surface area contributed by atoms with Gasteiger partial charge in [-0.25, -0.2) is 5.43 Å². The van der Waals surface area contributed by atoms with Crippen molar-refractivity contribution in [3.05, 3.63) is 12.0 Å². The van der Waals surface area contributed by atoms with Crippen molar-refractivity contribution in [3.63, 3.8) is 0 Å². The molecule has 0 atom stereocenters. The largest absolute Gasteiger partial charge is 0.870 e. The lowest BCUT2D eigenvalue weighted by Crippen LogP contribution is -2.56. The molecule has 0 aliphatic carbocycles. The summed E-state index contributed by atoms with van der Waals surface area (Å²) in [5, 5.41) is 0.615. The lowest BCUT2D eigenvalue weighted by Gasteiger charge is -2.22. The van der Waals surface area contributed by atoms with Gasteiger partial charge in [0, 0.05) is 0 Å². The first-order chi connectivity index (χ1) is 8.33. The van der Waals surface area contributed by atoms with Crippen molar-refractivity contribution >= 4 is 16.2 Å². The summed E-state index contributed by atoms with van der Waals surface area (Å²) in [5.74, 6) is 5.45. The molecule has 7 N–H and O–H groups in total. The van der Waals surface area contributed by atoms with E-state index in [9.17, 15) is 8.42 Å². The zero-order valence-corrected chi connectivity index (χ0v) is 11.0. The topological polar surface area (TPSA) is 173 Å². The Kier molecular flexibility index (Phi) is 6.34. The first-order valence-corrected chi connectivity index (χ1v) is 6.45. The molecule has 0 amide bonds. The second-order valence-corrected chi connectivity index (χ2v) is 4.37. The van der Waals surface area contributed by atoms with E-state index in [0.29, 0.717) is 16.7 Å². The Balaban J connectivity index is 0.00000324. The van der Waals surface area contributed by atoms with E-state index in [-0.39, 0.29) is 17.2 Å². The van der Waals surface area contributed by atoms with Gasteiger partial charge in [-0.2, -0.15) is 18.5 Å². The van der Waals surface area contributed by atoms with Crippen LogP contribution in [0.5, 0.6) is 0 Å². The average Bonchev–Trinajstić information content (AvgIpc) is 2.23. The Labute approximate surface area is 110 Å². The molecule has 112 valence electrons. The maximum absolute atomic E-state index is 10.5. The SMILES string of the molecule is CCCCOC1=CC(N)=[N+](OS(=O)(=O)O)N(N)N1.[OH-]. The minimum absolute atomic E-state index is 0. The van der Waals surface area contributed by atoms with Crippen LogP contribution in [0.15, 0.2) is 12.0 Å². The molecule has 0 bridgehead atoms. The number of rotatable bonds is 6. The van der Waals surface area contributed by atoms with Crippen molar-refractivity contribution in [3.8, 4) is 0 Å². The number of hydrazone groups is 1. The fraction of sp³-hybridized carbons (Fsp3) is 0.571. The van der Waals surface area contributed by atoms with E-state index >= 15 is 0 Å². The molecular weight excluding hydrogens is 282 g/mol. The summed E-state index contributed by atoms with van der Waals surface area (Å²) >= 11 is 0. The third kappa shape index (κ3) is 5.60. The van der Waals surface area contributed by atoms with Crippen molar-refractivity contribution in [1.82, 2.24) is 10.7 Å². The summed E-state index contributed by atoms with van der Waals surface area (Å²) in [7, 11) is -4.73. The molecule has 0 saturated heterocycles. The van der Waals surface area contributed by atoms with Crippen molar-refractivity contribution < 1.29 is 32.3 Å². The second kappa shape index (κ2) is 6.98. The minimum Gasteiger partial charge on any atom is -0.870 e. The molecular formula is C7H17N5O6S. The van der Waals surface area contributed by atoms with E-state index in [2.05, 4.69) is 9.71 Å². The van der Waals surface area contributed by atoms with Crippen LogP contribution < -0.4 is 17.0 Å². The second-order valence-electron chi connectivity index (χ2n) is 3.37. The quantitative estimate of drug-likeness (QED) is 0.189. The van der Waals surface area contributed by atoms with E-state index in [1.807, 2.05) is 6.92 Å². The normalized spacial score (nSPS) is 15.3. The van der Waals surface area contributed by atoms with Crippen molar-refractivity contribution in [2.45, 2.75) is 19.8 Å². The summed E-state index contributed by atoms with van der Waals surface area (Å²) in [6.45, 7) is 2.46. The molecule has 12 heteroatoms. The van der Waals surface area contributed by atoms with E-state index < -0.39 is 10.4 Å². The van der Waals surface area contributed by atoms with Gasteiger partial charge in [-0.15, -0.1) is 0 Å². The predicted octanol–water partition coefficient (Wildman–Crippen LogP) is -1.82. The van der Waals surface area contributed by atoms with Crippen molar-refractivity contribution in [1.29, 1.82) is 0 Å². The number of nitrogens with one attached hydrogen (secondary N) is 1. The van der Waals surface area contributed by atoms with Crippen molar-refractivity contribution in [2.24, 2.45) is 11.6 Å². The van der Waals surface area contributed by atoms with Crippen LogP contribution in [0.2, 0.25) is 0 Å². The Hall–Kier alpha value is -1.76. The Morgan fingerprint density at radius 1 is 1.58 bits per heavy atom. The van der Waals surface area contributed by atoms with E-state index in [4.69, 9.17) is 20.9 Å². The zero-order chi connectivity index (χ0) is 13.8. The molecule has 0 aromatic carbocycles. The molecule has 1 aliphatic heterocycles. The highest BCUT2D eigenvalue weighted by atomic mass is 32.3. The predicted molar refractivity (Wildman–Crippen MR) is 62.1 cm³/mol. The van der Waals surface area contributed by atoms with Crippen LogP contribution in [-0.4, -0.2) is 41.0 Å². The molecule has 1 rings (SSSR count). The third-order valence-electron chi connectivity index (χ3n) is 1.84. The van der Waals surface area contributed by atoms with Gasteiger partial charge in [0.15, 0.2) is 0 Å². The maximum Gasteiger partial charge on any atom is 0.483 e. The number of hydrogen-bond donors (Lipinski definition) is 4. The van der Waals surface area contributed by atoms with E-state index in [0.717, 1.165) is 12.8 Å². The maximum atomic E-state index is 10.5. The molecule has 19 heavy (non-hydrogen) atoms. The van der Waals surface area contributed by atoms with Gasteiger partial charge in [0.2, 0.25) is 5.88 Å². The van der Waals surface area contributed by atoms with Gasteiger partial charge < -0.3 is 10.2 Å². The molecule has 0 aromatic heterocycles. The summed E-state index contributed by atoms with van der Waals surface area (Å²) in [6.07, 6.45) is 3.07. The monoisotopic (exact) mass is 299 g/mol. The highest BCUT2D eigenvalue weighted by Crippen LogP contribution is 2.03. The Bertz CT molecular complexity index is 461. The Morgan fingerprint density at radius 2 is 2.21 bits per heavy atom. The molecule has 0 fully saturated rings. The molecule has 0 radical (unpaired) electrons. The third-order valence-corrected chi connectivity index (χ3v) is 2.17. The first kappa shape index (κ1) is 17.2. The molecule has 0 spiro atoms. The number of nitrogens with zero attached hydrogens (tertiary/aromatic N) is 2. The highest BCUT2D eigenvalue weighted by molar-refractivity contribution is 7.80. The lowest BCUT2D eigenvalue weighted by atomic mass is 10.4. The van der Waals surface area contributed by atoms with Crippen LogP contribution in [-0.2, 0) is 19.4 Å². The average molecular weight is 299 g/mol. The van der Waals surface area contributed by atoms with Crippen LogP contribution in [0.1, 0.15) is 19.8 Å². The van der Waals surface area contributed by atoms with Gasteiger partial charge in [0.05, 0.1) is 17.5 Å².